The van der Waals surface area contributed by atoms with E-state index in [0.717, 1.165) is 12.8 Å². The number of nitrogens with zero attached hydrogens (tertiary/aromatic N) is 4. The Labute approximate surface area is 103 Å². The first-order valence-corrected chi connectivity index (χ1v) is 5.60. The number of aliphatic carboxylic acids is 1. The summed E-state index contributed by atoms with van der Waals surface area (Å²) in [4.78, 5) is 23.9. The maximum atomic E-state index is 11.9. The average Bonchev–Trinajstić information content (AvgIpc) is 2.99. The predicted octanol–water partition coefficient (Wildman–Crippen LogP) is -0.481. The van der Waals surface area contributed by atoms with Crippen molar-refractivity contribution in [2.24, 2.45) is 0 Å². The summed E-state index contributed by atoms with van der Waals surface area (Å²) >= 11 is 0. The number of aromatic amines is 1. The van der Waals surface area contributed by atoms with Gasteiger partial charge >= 0.3 is 12.0 Å². The van der Waals surface area contributed by atoms with Crippen LogP contribution in [-0.2, 0) is 4.79 Å². The van der Waals surface area contributed by atoms with Gasteiger partial charge < -0.3 is 15.3 Å². The molecule has 1 unspecified atom stereocenters. The molecule has 1 atom stereocenters. The van der Waals surface area contributed by atoms with E-state index in [-0.39, 0.29) is 12.6 Å². The first-order chi connectivity index (χ1) is 8.58. The number of hydrogen-bond acceptors (Lipinski definition) is 5. The maximum absolute atomic E-state index is 11.9. The van der Waals surface area contributed by atoms with Crippen LogP contribution in [0, 0.1) is 0 Å². The second-order valence-corrected chi connectivity index (χ2v) is 4.19. The van der Waals surface area contributed by atoms with Crippen molar-refractivity contribution in [1.82, 2.24) is 30.8 Å². The van der Waals surface area contributed by atoms with Crippen molar-refractivity contribution in [3.05, 3.63) is 5.82 Å². The number of nitrogens with one attached hydrogen (secondary N) is 2. The highest BCUT2D eigenvalue weighted by molar-refractivity contribution is 5.80. The summed E-state index contributed by atoms with van der Waals surface area (Å²) in [5, 5.41) is 24.6. The van der Waals surface area contributed by atoms with Crippen molar-refractivity contribution in [3.8, 4) is 0 Å². The van der Waals surface area contributed by atoms with Crippen molar-refractivity contribution in [2.75, 3.05) is 6.54 Å². The van der Waals surface area contributed by atoms with Crippen LogP contribution in [0.3, 0.4) is 0 Å². The summed E-state index contributed by atoms with van der Waals surface area (Å²) in [6.45, 7) is 1.41. The van der Waals surface area contributed by atoms with Crippen LogP contribution < -0.4 is 5.32 Å². The normalized spacial score (nSPS) is 16.1. The average molecular weight is 254 g/mol. The molecule has 0 aliphatic heterocycles. The molecular formula is C9H14N6O3. The monoisotopic (exact) mass is 254 g/mol. The van der Waals surface area contributed by atoms with Crippen LogP contribution in [0.2, 0.25) is 0 Å². The van der Waals surface area contributed by atoms with Gasteiger partial charge in [-0.05, 0) is 19.8 Å². The predicted molar refractivity (Wildman–Crippen MR) is 58.5 cm³/mol. The van der Waals surface area contributed by atoms with Crippen LogP contribution in [0.25, 0.3) is 0 Å². The van der Waals surface area contributed by atoms with Crippen molar-refractivity contribution < 1.29 is 14.7 Å². The zero-order valence-corrected chi connectivity index (χ0v) is 9.83. The van der Waals surface area contributed by atoms with Gasteiger partial charge in [0.2, 0.25) is 0 Å². The fourth-order valence-corrected chi connectivity index (χ4v) is 1.58. The van der Waals surface area contributed by atoms with E-state index < -0.39 is 18.0 Å². The summed E-state index contributed by atoms with van der Waals surface area (Å²) in [5.74, 6) is -0.668. The number of aromatic nitrogens is 4. The van der Waals surface area contributed by atoms with Crippen LogP contribution in [0.5, 0.6) is 0 Å². The van der Waals surface area contributed by atoms with Crippen LogP contribution in [-0.4, -0.2) is 55.2 Å². The lowest BCUT2D eigenvalue weighted by Gasteiger charge is -2.22. The number of urea groups is 1. The Kier molecular flexibility index (Phi) is 3.40. The van der Waals surface area contributed by atoms with E-state index in [4.69, 9.17) is 5.11 Å². The summed E-state index contributed by atoms with van der Waals surface area (Å²) in [5.41, 5.74) is 0. The molecule has 1 saturated carbocycles. The van der Waals surface area contributed by atoms with E-state index in [1.807, 2.05) is 0 Å². The van der Waals surface area contributed by atoms with Crippen molar-refractivity contribution >= 4 is 12.0 Å². The highest BCUT2D eigenvalue weighted by Gasteiger charge is 2.34. The lowest BCUT2D eigenvalue weighted by atomic mass is 10.3. The number of carboxylic acid groups (broad SMARTS) is 1. The Morgan fingerprint density at radius 2 is 2.33 bits per heavy atom. The molecule has 0 saturated heterocycles. The van der Waals surface area contributed by atoms with Gasteiger partial charge in [0.15, 0.2) is 5.82 Å². The molecule has 3 N–H and O–H groups in total. The smallest absolute Gasteiger partial charge is 0.323 e. The Morgan fingerprint density at radius 1 is 1.61 bits per heavy atom. The Hall–Kier alpha value is -2.19. The van der Waals surface area contributed by atoms with Crippen LogP contribution in [0.15, 0.2) is 0 Å². The first-order valence-electron chi connectivity index (χ1n) is 5.60. The minimum Gasteiger partial charge on any atom is -0.480 e. The van der Waals surface area contributed by atoms with Gasteiger partial charge in [0, 0.05) is 6.04 Å². The SMILES string of the molecule is CC(NC(=O)N(CC(=O)O)C1CC1)c1nn[nH]n1. The molecule has 1 aliphatic rings. The number of hydrogen-bond donors (Lipinski definition) is 3. The third-order valence-corrected chi connectivity index (χ3v) is 2.64. The molecule has 0 aromatic carbocycles. The van der Waals surface area contributed by atoms with E-state index in [1.165, 1.54) is 4.90 Å². The van der Waals surface area contributed by atoms with Gasteiger partial charge in [-0.15, -0.1) is 10.2 Å². The Bertz CT molecular complexity index is 430. The van der Waals surface area contributed by atoms with E-state index >= 15 is 0 Å². The van der Waals surface area contributed by atoms with E-state index in [1.54, 1.807) is 6.92 Å². The number of tetrazole rings is 1. The second kappa shape index (κ2) is 4.98. The molecule has 2 amide bonds. The molecule has 0 bridgehead atoms. The molecule has 98 valence electrons. The molecule has 0 spiro atoms. The lowest BCUT2D eigenvalue weighted by molar-refractivity contribution is -0.137. The summed E-state index contributed by atoms with van der Waals surface area (Å²) in [7, 11) is 0. The van der Waals surface area contributed by atoms with Crippen molar-refractivity contribution in [1.29, 1.82) is 0 Å². The highest BCUT2D eigenvalue weighted by Crippen LogP contribution is 2.26. The van der Waals surface area contributed by atoms with Crippen molar-refractivity contribution in [3.63, 3.8) is 0 Å². The number of H-pyrrole nitrogens is 1. The van der Waals surface area contributed by atoms with Crippen LogP contribution >= 0.6 is 0 Å². The van der Waals surface area contributed by atoms with Gasteiger partial charge in [0.1, 0.15) is 6.54 Å². The van der Waals surface area contributed by atoms with Gasteiger partial charge in [-0.1, -0.05) is 5.21 Å². The molecule has 1 aromatic rings. The number of carbonyl (C=O) groups excluding carboxylic acids is 1. The molecule has 1 aliphatic carbocycles. The van der Waals surface area contributed by atoms with Gasteiger partial charge in [0.05, 0.1) is 6.04 Å². The number of carbonyl (C=O) groups is 2. The van der Waals surface area contributed by atoms with E-state index in [2.05, 4.69) is 25.9 Å². The first kappa shape index (κ1) is 12.3. The summed E-state index contributed by atoms with van der Waals surface area (Å²) in [6.07, 6.45) is 1.69. The largest absolute Gasteiger partial charge is 0.480 e. The molecule has 1 aromatic heterocycles. The van der Waals surface area contributed by atoms with Gasteiger partial charge in [-0.25, -0.2) is 4.79 Å². The second-order valence-electron chi connectivity index (χ2n) is 4.19. The highest BCUT2D eigenvalue weighted by atomic mass is 16.4. The molecule has 9 heteroatoms. The van der Waals surface area contributed by atoms with Crippen LogP contribution in [0.4, 0.5) is 4.79 Å². The standard InChI is InChI=1S/C9H14N6O3/c1-5(8-11-13-14-12-8)10-9(18)15(4-7(16)17)6-2-3-6/h5-6H,2-4H2,1H3,(H,10,18)(H,16,17)(H,11,12,13,14). The molecule has 1 fully saturated rings. The number of rotatable bonds is 5. The minimum absolute atomic E-state index is 0.0265. The molecule has 0 radical (unpaired) electrons. The molecule has 1 heterocycles. The van der Waals surface area contributed by atoms with Gasteiger partial charge in [-0.3, -0.25) is 4.79 Å². The van der Waals surface area contributed by atoms with Gasteiger partial charge in [-0.2, -0.15) is 5.21 Å². The Balaban J connectivity index is 1.94. The fourth-order valence-electron chi connectivity index (χ4n) is 1.58. The topological polar surface area (TPSA) is 124 Å². The summed E-state index contributed by atoms with van der Waals surface area (Å²) in [6, 6.07) is -0.818. The third-order valence-electron chi connectivity index (χ3n) is 2.64. The zero-order chi connectivity index (χ0) is 13.1. The van der Waals surface area contributed by atoms with Gasteiger partial charge in [0.25, 0.3) is 0 Å². The molecular weight excluding hydrogens is 240 g/mol. The molecule has 9 nitrogen and oxygen atoms in total. The quantitative estimate of drug-likeness (QED) is 0.651. The third kappa shape index (κ3) is 2.93. The van der Waals surface area contributed by atoms with E-state index in [9.17, 15) is 9.59 Å². The van der Waals surface area contributed by atoms with Crippen molar-refractivity contribution in [2.45, 2.75) is 31.8 Å². The minimum atomic E-state index is -1.02. The number of amides is 2. The number of carboxylic acids is 1. The summed E-state index contributed by atoms with van der Waals surface area (Å²) < 4.78 is 0. The Morgan fingerprint density at radius 3 is 2.83 bits per heavy atom. The molecule has 18 heavy (non-hydrogen) atoms. The lowest BCUT2D eigenvalue weighted by Crippen LogP contribution is -2.45. The molecule has 2 rings (SSSR count). The maximum Gasteiger partial charge on any atom is 0.323 e. The zero-order valence-electron chi connectivity index (χ0n) is 9.83. The van der Waals surface area contributed by atoms with Crippen LogP contribution in [0.1, 0.15) is 31.6 Å². The fraction of sp³-hybridized carbons (Fsp3) is 0.667. The van der Waals surface area contributed by atoms with E-state index in [0.29, 0.717) is 5.82 Å².